The van der Waals surface area contributed by atoms with Gasteiger partial charge >= 0.3 is 6.09 Å². The molecule has 0 fully saturated rings. The van der Waals surface area contributed by atoms with Gasteiger partial charge in [-0.3, -0.25) is 0 Å². The van der Waals surface area contributed by atoms with E-state index in [0.717, 1.165) is 0 Å². The molecule has 0 bridgehead atoms. The molecule has 0 aliphatic rings. The summed E-state index contributed by atoms with van der Waals surface area (Å²) in [5.41, 5.74) is -0.961. The summed E-state index contributed by atoms with van der Waals surface area (Å²) in [4.78, 5) is 11.8. The first-order valence-electron chi connectivity index (χ1n) is 7.81. The summed E-state index contributed by atoms with van der Waals surface area (Å²) in [5, 5.41) is 12.6. The lowest BCUT2D eigenvalue weighted by molar-refractivity contribution is 0.00831. The van der Waals surface area contributed by atoms with Gasteiger partial charge in [-0.1, -0.05) is 13.8 Å². The average Bonchev–Trinajstić information content (AvgIpc) is 2.40. The Bertz CT molecular complexity index is 314. The Morgan fingerprint density at radius 1 is 1.18 bits per heavy atom. The molecule has 2 N–H and O–H groups in total. The third-order valence-corrected chi connectivity index (χ3v) is 3.70. The van der Waals surface area contributed by atoms with E-state index in [0.29, 0.717) is 32.8 Å². The van der Waals surface area contributed by atoms with Crippen LogP contribution >= 0.6 is 0 Å². The lowest BCUT2D eigenvalue weighted by Gasteiger charge is -2.36. The number of carbonyl (C=O) groups excluding carboxylic acids is 1. The van der Waals surface area contributed by atoms with E-state index in [1.54, 1.807) is 7.11 Å². The standard InChI is InChI=1S/C16H33NO5/c1-13(2)16(12-18,7-8-21-10-9-20-6)11-17-14(19)22-15(3,4)5/h13,18H,7-12H2,1-6H3,(H,17,19). The molecule has 0 heterocycles. The van der Waals surface area contributed by atoms with Crippen molar-refractivity contribution in [1.29, 1.82) is 0 Å². The summed E-state index contributed by atoms with van der Waals surface area (Å²) in [6.45, 7) is 11.4. The normalized spacial score (nSPS) is 14.7. The van der Waals surface area contributed by atoms with Crippen molar-refractivity contribution in [3.8, 4) is 0 Å². The van der Waals surface area contributed by atoms with Crippen molar-refractivity contribution in [3.63, 3.8) is 0 Å². The van der Waals surface area contributed by atoms with Crippen LogP contribution in [-0.2, 0) is 14.2 Å². The molecule has 6 heteroatoms. The third kappa shape index (κ3) is 8.56. The lowest BCUT2D eigenvalue weighted by atomic mass is 9.75. The topological polar surface area (TPSA) is 77.0 Å². The van der Waals surface area contributed by atoms with Crippen molar-refractivity contribution in [2.45, 2.75) is 46.6 Å². The highest BCUT2D eigenvalue weighted by atomic mass is 16.6. The molecule has 0 radical (unpaired) electrons. The maximum absolute atomic E-state index is 11.8. The fourth-order valence-electron chi connectivity index (χ4n) is 1.98. The van der Waals surface area contributed by atoms with Gasteiger partial charge in [-0.25, -0.2) is 4.79 Å². The zero-order valence-electron chi connectivity index (χ0n) is 14.9. The van der Waals surface area contributed by atoms with Crippen LogP contribution in [0.2, 0.25) is 0 Å². The van der Waals surface area contributed by atoms with Gasteiger partial charge in [-0.15, -0.1) is 0 Å². The van der Waals surface area contributed by atoms with Gasteiger partial charge in [0.2, 0.25) is 0 Å². The quantitative estimate of drug-likeness (QED) is 0.604. The second-order valence-electron chi connectivity index (χ2n) is 6.89. The van der Waals surface area contributed by atoms with E-state index >= 15 is 0 Å². The van der Waals surface area contributed by atoms with Crippen molar-refractivity contribution in [1.82, 2.24) is 5.32 Å². The monoisotopic (exact) mass is 319 g/mol. The first kappa shape index (κ1) is 21.1. The highest BCUT2D eigenvalue weighted by Gasteiger charge is 2.34. The van der Waals surface area contributed by atoms with Crippen LogP contribution in [0.15, 0.2) is 0 Å². The number of hydrogen-bond donors (Lipinski definition) is 2. The number of methoxy groups -OCH3 is 1. The molecular weight excluding hydrogens is 286 g/mol. The summed E-state index contributed by atoms with van der Waals surface area (Å²) < 4.78 is 15.6. The minimum atomic E-state index is -0.535. The van der Waals surface area contributed by atoms with Gasteiger partial charge in [-0.05, 0) is 33.1 Å². The fraction of sp³-hybridized carbons (Fsp3) is 0.938. The molecule has 132 valence electrons. The molecule has 0 rings (SSSR count). The summed E-state index contributed by atoms with van der Waals surface area (Å²) >= 11 is 0. The Hall–Kier alpha value is -0.850. The van der Waals surface area contributed by atoms with Gasteiger partial charge in [0.05, 0.1) is 19.8 Å². The van der Waals surface area contributed by atoms with Crippen molar-refractivity contribution in [3.05, 3.63) is 0 Å². The van der Waals surface area contributed by atoms with Gasteiger partial charge in [0.15, 0.2) is 0 Å². The zero-order chi connectivity index (χ0) is 17.2. The Morgan fingerprint density at radius 2 is 1.82 bits per heavy atom. The maximum atomic E-state index is 11.8. The van der Waals surface area contributed by atoms with Crippen LogP contribution in [0.4, 0.5) is 4.79 Å². The summed E-state index contributed by atoms with van der Waals surface area (Å²) in [6, 6.07) is 0. The van der Waals surface area contributed by atoms with Crippen LogP contribution in [-0.4, -0.2) is 56.9 Å². The van der Waals surface area contributed by atoms with E-state index in [4.69, 9.17) is 14.2 Å². The van der Waals surface area contributed by atoms with Crippen molar-refractivity contribution < 1.29 is 24.1 Å². The van der Waals surface area contributed by atoms with E-state index in [2.05, 4.69) is 5.32 Å². The molecule has 1 atom stereocenters. The van der Waals surface area contributed by atoms with Crippen LogP contribution < -0.4 is 5.32 Å². The Morgan fingerprint density at radius 3 is 2.27 bits per heavy atom. The molecular formula is C16H33NO5. The SMILES string of the molecule is COCCOCCC(CO)(CNC(=O)OC(C)(C)C)C(C)C. The van der Waals surface area contributed by atoms with Crippen LogP contribution in [0.25, 0.3) is 0 Å². The minimum Gasteiger partial charge on any atom is -0.444 e. The largest absolute Gasteiger partial charge is 0.444 e. The highest BCUT2D eigenvalue weighted by Crippen LogP contribution is 2.30. The number of aliphatic hydroxyl groups is 1. The number of rotatable bonds is 10. The summed E-state index contributed by atoms with van der Waals surface area (Å²) in [7, 11) is 1.63. The van der Waals surface area contributed by atoms with Crippen LogP contribution in [0.5, 0.6) is 0 Å². The van der Waals surface area contributed by atoms with Gasteiger partial charge < -0.3 is 24.6 Å². The van der Waals surface area contributed by atoms with Gasteiger partial charge in [-0.2, -0.15) is 0 Å². The number of hydrogen-bond acceptors (Lipinski definition) is 5. The number of amides is 1. The van der Waals surface area contributed by atoms with Gasteiger partial charge in [0, 0.05) is 25.7 Å². The molecule has 1 amide bonds. The first-order valence-corrected chi connectivity index (χ1v) is 7.81. The Labute approximate surface area is 134 Å². The van der Waals surface area contributed by atoms with Gasteiger partial charge in [0.1, 0.15) is 5.60 Å². The number of alkyl carbamates (subject to hydrolysis) is 1. The highest BCUT2D eigenvalue weighted by molar-refractivity contribution is 5.67. The van der Waals surface area contributed by atoms with Crippen molar-refractivity contribution in [2.24, 2.45) is 11.3 Å². The van der Waals surface area contributed by atoms with Gasteiger partial charge in [0.25, 0.3) is 0 Å². The van der Waals surface area contributed by atoms with E-state index < -0.39 is 17.1 Å². The Balaban J connectivity index is 4.46. The first-order chi connectivity index (χ1) is 10.2. The maximum Gasteiger partial charge on any atom is 0.407 e. The van der Waals surface area contributed by atoms with Crippen LogP contribution in [0.3, 0.4) is 0 Å². The zero-order valence-corrected chi connectivity index (χ0v) is 14.9. The summed E-state index contributed by atoms with van der Waals surface area (Å²) in [6.07, 6.45) is 0.187. The van der Waals surface area contributed by atoms with Crippen LogP contribution in [0.1, 0.15) is 41.0 Å². The fourth-order valence-corrected chi connectivity index (χ4v) is 1.98. The van der Waals surface area contributed by atoms with Crippen molar-refractivity contribution in [2.75, 3.05) is 40.1 Å². The predicted octanol–water partition coefficient (Wildman–Crippen LogP) is 2.20. The molecule has 0 aromatic rings. The molecule has 22 heavy (non-hydrogen) atoms. The molecule has 6 nitrogen and oxygen atoms in total. The third-order valence-electron chi connectivity index (χ3n) is 3.70. The van der Waals surface area contributed by atoms with E-state index in [1.165, 1.54) is 0 Å². The summed E-state index contributed by atoms with van der Waals surface area (Å²) in [5.74, 6) is 0.193. The number of aliphatic hydroxyl groups excluding tert-OH is 1. The average molecular weight is 319 g/mol. The number of nitrogens with one attached hydrogen (secondary N) is 1. The molecule has 0 aliphatic heterocycles. The predicted molar refractivity (Wildman–Crippen MR) is 85.9 cm³/mol. The minimum absolute atomic E-state index is 0.0197. The Kier molecular flexibility index (Phi) is 9.64. The van der Waals surface area contributed by atoms with E-state index in [-0.39, 0.29) is 12.5 Å². The smallest absolute Gasteiger partial charge is 0.407 e. The van der Waals surface area contributed by atoms with E-state index in [9.17, 15) is 9.90 Å². The number of carbonyl (C=O) groups is 1. The number of ether oxygens (including phenoxy) is 3. The second-order valence-corrected chi connectivity index (χ2v) is 6.89. The molecule has 0 aromatic heterocycles. The molecule has 1 unspecified atom stereocenters. The van der Waals surface area contributed by atoms with Crippen molar-refractivity contribution >= 4 is 6.09 Å². The molecule has 0 aromatic carbocycles. The molecule has 0 spiro atoms. The van der Waals surface area contributed by atoms with Crippen LogP contribution in [0, 0.1) is 11.3 Å². The molecule has 0 aliphatic carbocycles. The lowest BCUT2D eigenvalue weighted by Crippen LogP contribution is -2.45. The van der Waals surface area contributed by atoms with E-state index in [1.807, 2.05) is 34.6 Å². The molecule has 0 saturated heterocycles. The molecule has 0 saturated carbocycles. The second kappa shape index (κ2) is 10.0.